The Labute approximate surface area is 206 Å². The van der Waals surface area contributed by atoms with E-state index in [-0.39, 0.29) is 12.2 Å². The molecule has 40 heavy (non-hydrogen) atoms. The van der Waals surface area contributed by atoms with Gasteiger partial charge in [-0.3, -0.25) is 0 Å². The predicted octanol–water partition coefficient (Wildman–Crippen LogP) is 6.79. The second-order valence-electron chi connectivity index (χ2n) is 7.49. The average molecular weight is 640 g/mol. The Morgan fingerprint density at radius 1 is 0.375 bits per heavy atom. The molecule has 0 spiro atoms. The van der Waals surface area contributed by atoms with Crippen molar-refractivity contribution in [2.45, 2.75) is 72.1 Å². The molecule has 0 saturated heterocycles. The van der Waals surface area contributed by atoms with Crippen molar-refractivity contribution in [3.63, 3.8) is 0 Å². The molecule has 0 radical (unpaired) electrons. The first-order valence-corrected chi connectivity index (χ1v) is 9.22. The molecule has 2 atom stereocenters. The third-order valence-electron chi connectivity index (χ3n) is 5.13. The van der Waals surface area contributed by atoms with Crippen molar-refractivity contribution >= 4 is 12.2 Å². The van der Waals surface area contributed by atoms with Crippen molar-refractivity contribution in [1.82, 2.24) is 0 Å². The third-order valence-corrected chi connectivity index (χ3v) is 5.13. The van der Waals surface area contributed by atoms with Gasteiger partial charge in [-0.2, -0.15) is 79.0 Å². The molecule has 0 aromatic carbocycles. The summed E-state index contributed by atoms with van der Waals surface area (Å²) in [4.78, 5) is 23.5. The molecule has 0 saturated carbocycles. The van der Waals surface area contributed by atoms with Gasteiger partial charge < -0.3 is 0 Å². The van der Waals surface area contributed by atoms with E-state index in [1.807, 2.05) is 9.98 Å². The van der Waals surface area contributed by atoms with Crippen LogP contribution in [0, 0.1) is 0 Å². The summed E-state index contributed by atoms with van der Waals surface area (Å²) in [6.07, 6.45) is -21.3. The quantitative estimate of drug-likeness (QED) is 0.127. The summed E-state index contributed by atoms with van der Waals surface area (Å²) in [5.74, 6) is -52.5. The second kappa shape index (κ2) is 10.6. The second-order valence-corrected chi connectivity index (χ2v) is 7.49. The predicted molar refractivity (Wildman–Crippen MR) is 84.7 cm³/mol. The number of nitrogens with zero attached hydrogens (tertiary/aromatic N) is 2. The lowest BCUT2D eigenvalue weighted by atomic mass is 9.79. The number of aliphatic imine (C=N–C) groups is 2. The van der Waals surface area contributed by atoms with Gasteiger partial charge in [-0.25, -0.2) is 28.4 Å². The van der Waals surface area contributed by atoms with E-state index in [1.165, 1.54) is 0 Å². The molecule has 2 unspecified atom stereocenters. The molecule has 0 aliphatic heterocycles. The van der Waals surface area contributed by atoms with Crippen molar-refractivity contribution in [2.75, 3.05) is 13.1 Å². The minimum Gasteiger partial charge on any atom is -0.227 e. The zero-order valence-electron chi connectivity index (χ0n) is 18.1. The van der Waals surface area contributed by atoms with E-state index in [0.29, 0.717) is 0 Å². The summed E-state index contributed by atoms with van der Waals surface area (Å²) >= 11 is 0. The van der Waals surface area contributed by atoms with E-state index >= 15 is 0 Å². The fourth-order valence-electron chi connectivity index (χ4n) is 2.75. The maximum Gasteiger partial charge on any atom is 0.428 e. The summed E-state index contributed by atoms with van der Waals surface area (Å²) in [6.45, 7) is -4.58. The molecule has 4 nitrogen and oxygen atoms in total. The van der Waals surface area contributed by atoms with Crippen LogP contribution in [0.2, 0.25) is 0 Å². The Morgan fingerprint density at radius 3 is 0.750 bits per heavy atom. The molecule has 0 amide bonds. The molecule has 24 heteroatoms. The van der Waals surface area contributed by atoms with Crippen LogP contribution in [0.3, 0.4) is 0 Å². The van der Waals surface area contributed by atoms with Crippen molar-refractivity contribution < 1.29 is 97.4 Å². The van der Waals surface area contributed by atoms with Gasteiger partial charge in [-0.1, -0.05) is 0 Å². The number of rotatable bonds is 13. The number of halogens is 20. The number of alkyl halides is 20. The fourth-order valence-corrected chi connectivity index (χ4v) is 2.75. The third kappa shape index (κ3) is 5.11. The zero-order chi connectivity index (χ0) is 32.7. The molecule has 0 aromatic heterocycles. The van der Waals surface area contributed by atoms with Gasteiger partial charge >= 0.3 is 47.9 Å². The highest BCUT2D eigenvalue weighted by Crippen LogP contribution is 2.66. The number of isocyanates is 2. The first-order chi connectivity index (χ1) is 17.4. The van der Waals surface area contributed by atoms with Crippen LogP contribution in [0.1, 0.15) is 12.8 Å². The van der Waals surface area contributed by atoms with E-state index in [4.69, 9.17) is 0 Å². The summed E-state index contributed by atoms with van der Waals surface area (Å²) in [5, 5.41) is 0. The van der Waals surface area contributed by atoms with Crippen LogP contribution in [-0.4, -0.2) is 84.5 Å². The summed E-state index contributed by atoms with van der Waals surface area (Å²) < 4.78 is 273. The highest BCUT2D eigenvalue weighted by molar-refractivity contribution is 5.33. The Bertz CT molecular complexity index is 927. The lowest BCUT2D eigenvalue weighted by Gasteiger charge is -2.46. The fraction of sp³-hybridized carbons (Fsp3) is 0.875. The average Bonchev–Trinajstić information content (AvgIpc) is 2.76. The van der Waals surface area contributed by atoms with Gasteiger partial charge in [0, 0.05) is 12.8 Å². The minimum atomic E-state index is -9.04. The smallest absolute Gasteiger partial charge is 0.227 e. The molecular weight excluding hydrogens is 632 g/mol. The van der Waals surface area contributed by atoms with Crippen LogP contribution in [0.4, 0.5) is 87.8 Å². The Morgan fingerprint density at radius 2 is 0.575 bits per heavy atom. The monoisotopic (exact) mass is 640 g/mol. The van der Waals surface area contributed by atoms with Gasteiger partial charge in [0.2, 0.25) is 12.2 Å². The van der Waals surface area contributed by atoms with Crippen molar-refractivity contribution in [2.24, 2.45) is 9.98 Å². The highest BCUT2D eigenvalue weighted by atomic mass is 19.4. The molecule has 0 fully saturated rings. The molecule has 0 bridgehead atoms. The van der Waals surface area contributed by atoms with E-state index < -0.39 is 85.2 Å². The summed E-state index contributed by atoms with van der Waals surface area (Å²) in [7, 11) is 0. The first kappa shape index (κ1) is 37.4. The number of carbonyl (C=O) groups excluding carboxylic acids is 2. The molecule has 0 rings (SSSR count). The molecule has 0 N–H and O–H groups in total. The summed E-state index contributed by atoms with van der Waals surface area (Å²) in [5.41, 5.74) is -14.4. The number of hydrogen-bond acceptors (Lipinski definition) is 4. The van der Waals surface area contributed by atoms with Crippen LogP contribution >= 0.6 is 0 Å². The SMILES string of the molecule is O=C=NCCC(F)(C(F)(F)F)C(F)(F)C(F)(F)C(F)(F)C(F)(F)C(F)(F)C(F)(F)C(F)(CCN=C=O)C(F)(F)F. The molecule has 234 valence electrons. The molecule has 0 aromatic rings. The van der Waals surface area contributed by atoms with Crippen LogP contribution in [0.15, 0.2) is 9.98 Å². The van der Waals surface area contributed by atoms with E-state index in [0.717, 1.165) is 0 Å². The normalized spacial score (nSPS) is 17.8. The zero-order valence-corrected chi connectivity index (χ0v) is 18.1. The van der Waals surface area contributed by atoms with Crippen molar-refractivity contribution in [3.05, 3.63) is 0 Å². The van der Waals surface area contributed by atoms with Gasteiger partial charge in [0.15, 0.2) is 0 Å². The lowest BCUT2D eigenvalue weighted by Crippen LogP contribution is -2.77. The van der Waals surface area contributed by atoms with E-state index in [2.05, 4.69) is 0 Å². The van der Waals surface area contributed by atoms with Crippen LogP contribution in [0.5, 0.6) is 0 Å². The van der Waals surface area contributed by atoms with Gasteiger partial charge in [-0.15, -0.1) is 0 Å². The van der Waals surface area contributed by atoms with Crippen molar-refractivity contribution in [3.8, 4) is 0 Å². The lowest BCUT2D eigenvalue weighted by molar-refractivity contribution is -0.461. The molecule has 0 heterocycles. The maximum absolute atomic E-state index is 14.2. The summed E-state index contributed by atoms with van der Waals surface area (Å²) in [6, 6.07) is 0. The Balaban J connectivity index is 7.31. The topological polar surface area (TPSA) is 58.9 Å². The maximum atomic E-state index is 14.2. The number of hydrogen-bond donors (Lipinski definition) is 0. The van der Waals surface area contributed by atoms with Gasteiger partial charge in [0.05, 0.1) is 13.1 Å². The van der Waals surface area contributed by atoms with Crippen LogP contribution in [-0.2, 0) is 9.59 Å². The van der Waals surface area contributed by atoms with Crippen LogP contribution in [0.25, 0.3) is 0 Å². The highest BCUT2D eigenvalue weighted by Gasteiger charge is 2.96. The van der Waals surface area contributed by atoms with Gasteiger partial charge in [0.1, 0.15) is 0 Å². The minimum absolute atomic E-state index is 0.220. The van der Waals surface area contributed by atoms with Crippen molar-refractivity contribution in [1.29, 1.82) is 0 Å². The van der Waals surface area contributed by atoms with Crippen LogP contribution < -0.4 is 0 Å². The largest absolute Gasteiger partial charge is 0.428 e. The molecule has 0 aliphatic carbocycles. The Kier molecular flexibility index (Phi) is 9.94. The van der Waals surface area contributed by atoms with E-state index in [9.17, 15) is 97.4 Å². The molecular formula is C16H8F20N2O2. The Hall–Kier alpha value is -2.64. The van der Waals surface area contributed by atoms with E-state index in [1.54, 1.807) is 0 Å². The molecule has 0 aliphatic rings. The van der Waals surface area contributed by atoms with Gasteiger partial charge in [-0.05, 0) is 0 Å². The van der Waals surface area contributed by atoms with Gasteiger partial charge in [0.25, 0.3) is 11.3 Å². The first-order valence-electron chi connectivity index (χ1n) is 9.22. The standard InChI is InChI=1S/C16H8F20N2O2/c17-7(15(31,32)33,1-3-37-5-39)9(19,20)11(23,24)13(27,28)14(29,30)12(25,26)10(21,22)8(18,16(34,35)36)2-4-38-6-40/h1-4H2.